The topological polar surface area (TPSA) is 131 Å². The van der Waals surface area contributed by atoms with Gasteiger partial charge in [-0.15, -0.1) is 0 Å². The molecule has 3 rings (SSSR count). The molecule has 1 fully saturated rings. The first kappa shape index (κ1) is 30.9. The number of carbonyl (C=O) groups is 4. The van der Waals surface area contributed by atoms with Gasteiger partial charge in [0.05, 0.1) is 17.1 Å². The number of anilines is 1. The average Bonchev–Trinajstić information content (AvgIpc) is 2.80. The highest BCUT2D eigenvalue weighted by molar-refractivity contribution is 6.34. The summed E-state index contributed by atoms with van der Waals surface area (Å²) >= 11 is 6.43. The quantitative estimate of drug-likeness (QED) is 0.386. The SMILES string of the molecule is Cc1cccc(C(C(=O)Nc2c(C)cccc2Cl)N(C(=O)C(CC(N)=O)NC(=O)OC(C)(C)C)C2CCC2)c1C. The Balaban J connectivity index is 2.11. The molecule has 2 unspecified atom stereocenters. The predicted octanol–water partition coefficient (Wildman–Crippen LogP) is 5.09. The molecular formula is C30H39ClN4O5. The van der Waals surface area contributed by atoms with E-state index in [0.717, 1.165) is 23.1 Å². The van der Waals surface area contributed by atoms with E-state index in [-0.39, 0.29) is 6.04 Å². The lowest BCUT2D eigenvalue weighted by Crippen LogP contribution is -2.57. The third-order valence-corrected chi connectivity index (χ3v) is 7.37. The Hall–Kier alpha value is -3.59. The number of nitrogens with one attached hydrogen (secondary N) is 2. The molecule has 1 aliphatic carbocycles. The van der Waals surface area contributed by atoms with Crippen molar-refractivity contribution in [1.82, 2.24) is 10.2 Å². The highest BCUT2D eigenvalue weighted by Gasteiger charge is 2.43. The fraction of sp³-hybridized carbons (Fsp3) is 0.467. The molecule has 0 spiro atoms. The lowest BCUT2D eigenvalue weighted by Gasteiger charge is -2.44. The number of hydrogen-bond donors (Lipinski definition) is 3. The molecule has 2 aromatic carbocycles. The summed E-state index contributed by atoms with van der Waals surface area (Å²) in [6.07, 6.45) is 0.897. The second-order valence-electron chi connectivity index (χ2n) is 11.3. The Morgan fingerprint density at radius 2 is 1.68 bits per heavy atom. The van der Waals surface area contributed by atoms with Gasteiger partial charge in [-0.1, -0.05) is 41.9 Å². The maximum atomic E-state index is 14.3. The number of nitrogens with zero attached hydrogens (tertiary/aromatic N) is 1. The molecule has 1 saturated carbocycles. The van der Waals surface area contributed by atoms with Gasteiger partial charge < -0.3 is 26.0 Å². The van der Waals surface area contributed by atoms with Crippen LogP contribution in [0.3, 0.4) is 0 Å². The van der Waals surface area contributed by atoms with E-state index in [1.807, 2.05) is 45.0 Å². The van der Waals surface area contributed by atoms with Gasteiger partial charge in [0.2, 0.25) is 11.8 Å². The van der Waals surface area contributed by atoms with Crippen LogP contribution < -0.4 is 16.4 Å². The molecule has 0 aliphatic heterocycles. The largest absolute Gasteiger partial charge is 0.444 e. The van der Waals surface area contributed by atoms with Crippen molar-refractivity contribution in [1.29, 1.82) is 0 Å². The monoisotopic (exact) mass is 570 g/mol. The average molecular weight is 571 g/mol. The molecule has 10 heteroatoms. The molecule has 2 atom stereocenters. The van der Waals surface area contributed by atoms with Gasteiger partial charge >= 0.3 is 6.09 Å². The van der Waals surface area contributed by atoms with Crippen LogP contribution in [0.5, 0.6) is 0 Å². The van der Waals surface area contributed by atoms with Crippen molar-refractivity contribution >= 4 is 41.1 Å². The normalized spacial score (nSPS) is 14.9. The number of hydrogen-bond acceptors (Lipinski definition) is 5. The highest BCUT2D eigenvalue weighted by Crippen LogP contribution is 2.37. The Labute approximate surface area is 240 Å². The molecule has 0 bridgehead atoms. The zero-order chi connectivity index (χ0) is 29.8. The van der Waals surface area contributed by atoms with E-state index in [1.165, 1.54) is 4.90 Å². The number of ether oxygens (including phenoxy) is 1. The van der Waals surface area contributed by atoms with Gasteiger partial charge in [0.1, 0.15) is 17.7 Å². The number of rotatable bonds is 9. The molecule has 216 valence electrons. The number of aryl methyl sites for hydroxylation is 2. The van der Waals surface area contributed by atoms with Gasteiger partial charge in [-0.2, -0.15) is 0 Å². The maximum Gasteiger partial charge on any atom is 0.408 e. The number of benzene rings is 2. The zero-order valence-electron chi connectivity index (χ0n) is 24.0. The molecule has 0 aromatic heterocycles. The Kier molecular flexibility index (Phi) is 9.84. The fourth-order valence-electron chi connectivity index (χ4n) is 4.68. The second-order valence-corrected chi connectivity index (χ2v) is 11.7. The lowest BCUT2D eigenvalue weighted by molar-refractivity contribution is -0.146. The summed E-state index contributed by atoms with van der Waals surface area (Å²) in [5.41, 5.74) is 8.31. The van der Waals surface area contributed by atoms with Crippen LogP contribution in [-0.4, -0.2) is 46.4 Å². The van der Waals surface area contributed by atoms with Crippen molar-refractivity contribution in [3.05, 3.63) is 63.7 Å². The van der Waals surface area contributed by atoms with Gasteiger partial charge in [-0.3, -0.25) is 14.4 Å². The minimum Gasteiger partial charge on any atom is -0.444 e. The summed E-state index contributed by atoms with van der Waals surface area (Å²) in [5.74, 6) is -1.83. The number of para-hydroxylation sites is 1. The second kappa shape index (κ2) is 12.7. The predicted molar refractivity (Wildman–Crippen MR) is 155 cm³/mol. The van der Waals surface area contributed by atoms with Crippen molar-refractivity contribution in [2.75, 3.05) is 5.32 Å². The van der Waals surface area contributed by atoms with E-state index in [1.54, 1.807) is 32.9 Å². The molecule has 0 radical (unpaired) electrons. The van der Waals surface area contributed by atoms with E-state index >= 15 is 0 Å². The first-order valence-electron chi connectivity index (χ1n) is 13.4. The van der Waals surface area contributed by atoms with E-state index in [4.69, 9.17) is 22.1 Å². The highest BCUT2D eigenvalue weighted by atomic mass is 35.5. The smallest absolute Gasteiger partial charge is 0.408 e. The van der Waals surface area contributed by atoms with Gasteiger partial charge in [0.15, 0.2) is 0 Å². The number of carbonyl (C=O) groups excluding carboxylic acids is 4. The molecule has 4 amide bonds. The van der Waals surface area contributed by atoms with Gasteiger partial charge in [-0.05, 0) is 89.1 Å². The standard InChI is InChI=1S/C30H39ClN4O5/c1-17-10-7-14-21(19(17)3)26(27(37)34-25-18(2)11-8-15-22(25)31)35(20-12-9-13-20)28(38)23(16-24(32)36)33-29(39)40-30(4,5)6/h7-8,10-11,14-15,20,23,26H,9,12-13,16H2,1-6H3,(H2,32,36)(H,33,39)(H,34,37). The van der Waals surface area contributed by atoms with Gasteiger partial charge in [-0.25, -0.2) is 4.79 Å². The number of halogens is 1. The first-order chi connectivity index (χ1) is 18.7. The number of amides is 4. The van der Waals surface area contributed by atoms with E-state index in [0.29, 0.717) is 29.1 Å². The summed E-state index contributed by atoms with van der Waals surface area (Å²) in [6, 6.07) is 8.21. The van der Waals surface area contributed by atoms with Gasteiger partial charge in [0, 0.05) is 6.04 Å². The van der Waals surface area contributed by atoms with Crippen molar-refractivity contribution in [3.63, 3.8) is 0 Å². The van der Waals surface area contributed by atoms with Crippen molar-refractivity contribution < 1.29 is 23.9 Å². The Morgan fingerprint density at radius 3 is 2.23 bits per heavy atom. The first-order valence-corrected chi connectivity index (χ1v) is 13.8. The molecule has 1 aliphatic rings. The van der Waals surface area contributed by atoms with Crippen LogP contribution in [-0.2, 0) is 19.1 Å². The van der Waals surface area contributed by atoms with E-state index < -0.39 is 47.9 Å². The lowest BCUT2D eigenvalue weighted by atomic mass is 9.86. The summed E-state index contributed by atoms with van der Waals surface area (Å²) in [7, 11) is 0. The molecule has 2 aromatic rings. The molecular weight excluding hydrogens is 532 g/mol. The van der Waals surface area contributed by atoms with Gasteiger partial charge in [0.25, 0.3) is 5.91 Å². The van der Waals surface area contributed by atoms with Crippen LogP contribution in [0.4, 0.5) is 10.5 Å². The van der Waals surface area contributed by atoms with E-state index in [9.17, 15) is 19.2 Å². The van der Waals surface area contributed by atoms with Crippen LogP contribution in [0.2, 0.25) is 5.02 Å². The summed E-state index contributed by atoms with van der Waals surface area (Å²) in [4.78, 5) is 54.6. The molecule has 4 N–H and O–H groups in total. The minimum atomic E-state index is -1.32. The minimum absolute atomic E-state index is 0.286. The third-order valence-electron chi connectivity index (χ3n) is 7.05. The fourth-order valence-corrected chi connectivity index (χ4v) is 4.95. The van der Waals surface area contributed by atoms with Crippen molar-refractivity contribution in [2.45, 2.75) is 91.0 Å². The van der Waals surface area contributed by atoms with Crippen LogP contribution in [0.25, 0.3) is 0 Å². The van der Waals surface area contributed by atoms with E-state index in [2.05, 4.69) is 10.6 Å². The third kappa shape index (κ3) is 7.53. The van der Waals surface area contributed by atoms with Crippen LogP contribution in [0.15, 0.2) is 36.4 Å². The summed E-state index contributed by atoms with van der Waals surface area (Å²) < 4.78 is 5.35. The maximum absolute atomic E-state index is 14.3. The van der Waals surface area contributed by atoms with Crippen molar-refractivity contribution in [3.8, 4) is 0 Å². The molecule has 9 nitrogen and oxygen atoms in total. The van der Waals surface area contributed by atoms with Crippen LogP contribution >= 0.6 is 11.6 Å². The molecule has 40 heavy (non-hydrogen) atoms. The summed E-state index contributed by atoms with van der Waals surface area (Å²) in [5, 5.41) is 5.83. The molecule has 0 heterocycles. The number of nitrogens with two attached hydrogens (primary N) is 1. The Bertz CT molecular complexity index is 1270. The van der Waals surface area contributed by atoms with Crippen LogP contribution in [0.1, 0.15) is 74.8 Å². The number of alkyl carbamates (subject to hydrolysis) is 1. The zero-order valence-corrected chi connectivity index (χ0v) is 24.7. The Morgan fingerprint density at radius 1 is 1.05 bits per heavy atom. The summed E-state index contributed by atoms with van der Waals surface area (Å²) in [6.45, 7) is 10.7. The number of primary amides is 1. The van der Waals surface area contributed by atoms with Crippen LogP contribution in [0, 0.1) is 20.8 Å². The van der Waals surface area contributed by atoms with Crippen molar-refractivity contribution in [2.24, 2.45) is 5.73 Å². The molecule has 0 saturated heterocycles.